The van der Waals surface area contributed by atoms with E-state index in [1.54, 1.807) is 10.9 Å². The van der Waals surface area contributed by atoms with Crippen LogP contribution in [0.5, 0.6) is 0 Å². The molecule has 0 aliphatic carbocycles. The lowest BCUT2D eigenvalue weighted by molar-refractivity contribution is -0.671. The third kappa shape index (κ3) is 3.17. The van der Waals surface area contributed by atoms with Gasteiger partial charge in [-0.2, -0.15) is 10.2 Å². The second-order valence-electron chi connectivity index (χ2n) is 4.99. The third-order valence-corrected chi connectivity index (χ3v) is 3.22. The van der Waals surface area contributed by atoms with Gasteiger partial charge in [0.15, 0.2) is 12.4 Å². The van der Waals surface area contributed by atoms with Crippen molar-refractivity contribution in [2.24, 2.45) is 17.3 Å². The first-order chi connectivity index (χ1) is 10.7. The summed E-state index contributed by atoms with van der Waals surface area (Å²) in [7, 11) is 1.98. The molecule has 0 aliphatic rings. The number of anilines is 1. The minimum Gasteiger partial charge on any atom is -0.382 e. The summed E-state index contributed by atoms with van der Waals surface area (Å²) in [5.74, 6) is 0.506. The molecule has 0 aliphatic heterocycles. The molecule has 3 rings (SSSR count). The summed E-state index contributed by atoms with van der Waals surface area (Å²) in [5.41, 5.74) is 8.57. The van der Waals surface area contributed by atoms with Crippen LogP contribution in [0.4, 0.5) is 17.2 Å². The number of hydrogen-bond donors (Lipinski definition) is 1. The topological polar surface area (TPSA) is 72.4 Å². The number of hydrogen-bond acceptors (Lipinski definition) is 4. The highest BCUT2D eigenvalue weighted by Gasteiger charge is 2.08. The summed E-state index contributed by atoms with van der Waals surface area (Å²) in [6.45, 7) is 0.599. The summed E-state index contributed by atoms with van der Waals surface area (Å²) in [4.78, 5) is 0. The summed E-state index contributed by atoms with van der Waals surface area (Å²) in [6.07, 6.45) is 5.65. The summed E-state index contributed by atoms with van der Waals surface area (Å²) in [5, 5.41) is 12.6. The number of azo groups is 1. The van der Waals surface area contributed by atoms with Gasteiger partial charge in [0, 0.05) is 11.6 Å². The lowest BCUT2D eigenvalue weighted by Crippen LogP contribution is -2.27. The van der Waals surface area contributed by atoms with Gasteiger partial charge in [-0.1, -0.05) is 18.2 Å². The Morgan fingerprint density at radius 2 is 1.95 bits per heavy atom. The maximum Gasteiger partial charge on any atom is 0.173 e. The Kier molecular flexibility index (Phi) is 3.91. The fourth-order valence-corrected chi connectivity index (χ4v) is 2.11. The highest BCUT2D eigenvalue weighted by Crippen LogP contribution is 2.24. The molecule has 0 bridgehead atoms. The number of nitrogens with two attached hydrogens (primary N) is 1. The molecule has 2 N–H and O–H groups in total. The van der Waals surface area contributed by atoms with Gasteiger partial charge < -0.3 is 5.73 Å². The number of rotatable bonds is 4. The van der Waals surface area contributed by atoms with Crippen LogP contribution in [-0.4, -0.2) is 9.78 Å². The average molecular weight is 293 g/mol. The minimum atomic E-state index is 0.506. The van der Waals surface area contributed by atoms with Crippen LogP contribution in [0.1, 0.15) is 5.56 Å². The standard InChI is InChI=1S/C16H17N6/c1-21-9-5-6-13(11-21)12-22-16(17)15(10-18-22)20-19-14-7-3-2-4-8-14/h2-11H,12,17H2,1H3/q+1. The molecule has 2 aromatic heterocycles. The SMILES string of the molecule is C[n+]1cccc(Cn2ncc(N=Nc3ccccc3)c2N)c1. The molecular weight excluding hydrogens is 276 g/mol. The van der Waals surface area contributed by atoms with Crippen LogP contribution in [0.25, 0.3) is 0 Å². The minimum absolute atomic E-state index is 0.506. The number of aryl methyl sites for hydroxylation is 1. The highest BCUT2D eigenvalue weighted by molar-refractivity contribution is 5.56. The van der Waals surface area contributed by atoms with E-state index in [1.807, 2.05) is 66.5 Å². The van der Waals surface area contributed by atoms with E-state index in [-0.39, 0.29) is 0 Å². The van der Waals surface area contributed by atoms with Crippen LogP contribution in [0.3, 0.4) is 0 Å². The molecule has 0 saturated carbocycles. The number of benzene rings is 1. The molecule has 22 heavy (non-hydrogen) atoms. The molecule has 1 aromatic carbocycles. The van der Waals surface area contributed by atoms with Crippen molar-refractivity contribution in [1.82, 2.24) is 9.78 Å². The normalized spacial score (nSPS) is 11.1. The maximum atomic E-state index is 6.09. The Morgan fingerprint density at radius 3 is 2.73 bits per heavy atom. The highest BCUT2D eigenvalue weighted by atomic mass is 15.3. The first-order valence-electron chi connectivity index (χ1n) is 6.94. The van der Waals surface area contributed by atoms with E-state index in [2.05, 4.69) is 15.3 Å². The Bertz CT molecular complexity index is 791. The molecule has 0 fully saturated rings. The van der Waals surface area contributed by atoms with Crippen molar-refractivity contribution in [2.75, 3.05) is 5.73 Å². The molecule has 3 aromatic rings. The van der Waals surface area contributed by atoms with Crippen molar-refractivity contribution in [3.63, 3.8) is 0 Å². The Labute approximate surface area is 128 Å². The Morgan fingerprint density at radius 1 is 1.14 bits per heavy atom. The number of aromatic nitrogens is 3. The zero-order chi connectivity index (χ0) is 15.4. The van der Waals surface area contributed by atoms with Crippen molar-refractivity contribution in [3.8, 4) is 0 Å². The third-order valence-electron chi connectivity index (χ3n) is 3.22. The maximum absolute atomic E-state index is 6.09. The summed E-state index contributed by atoms with van der Waals surface area (Å²) < 4.78 is 3.71. The van der Waals surface area contributed by atoms with Crippen molar-refractivity contribution in [3.05, 3.63) is 66.6 Å². The van der Waals surface area contributed by atoms with Crippen LogP contribution in [0, 0.1) is 0 Å². The van der Waals surface area contributed by atoms with Crippen molar-refractivity contribution in [1.29, 1.82) is 0 Å². The quantitative estimate of drug-likeness (QED) is 0.593. The zero-order valence-electron chi connectivity index (χ0n) is 12.3. The fraction of sp³-hybridized carbons (Fsp3) is 0.125. The van der Waals surface area contributed by atoms with Crippen molar-refractivity contribution >= 4 is 17.2 Å². The van der Waals surface area contributed by atoms with Gasteiger partial charge in [-0.3, -0.25) is 0 Å². The number of nitrogens with zero attached hydrogens (tertiary/aromatic N) is 5. The van der Waals surface area contributed by atoms with E-state index in [9.17, 15) is 0 Å². The molecule has 2 heterocycles. The monoisotopic (exact) mass is 293 g/mol. The second kappa shape index (κ2) is 6.17. The van der Waals surface area contributed by atoms with E-state index < -0.39 is 0 Å². The molecular formula is C16H17N6+. The van der Waals surface area contributed by atoms with Gasteiger partial charge >= 0.3 is 0 Å². The first kappa shape index (κ1) is 13.9. The van der Waals surface area contributed by atoms with Crippen LogP contribution < -0.4 is 10.3 Å². The van der Waals surface area contributed by atoms with Crippen LogP contribution >= 0.6 is 0 Å². The number of nitrogen functional groups attached to an aromatic ring is 1. The van der Waals surface area contributed by atoms with E-state index in [4.69, 9.17) is 5.73 Å². The van der Waals surface area contributed by atoms with Crippen LogP contribution in [0.15, 0.2) is 71.3 Å². The molecule has 0 amide bonds. The van der Waals surface area contributed by atoms with Gasteiger partial charge in [-0.15, -0.1) is 5.11 Å². The van der Waals surface area contributed by atoms with Gasteiger partial charge in [0.1, 0.15) is 18.6 Å². The van der Waals surface area contributed by atoms with Gasteiger partial charge in [0.05, 0.1) is 18.4 Å². The largest absolute Gasteiger partial charge is 0.382 e. The lowest BCUT2D eigenvalue weighted by Gasteiger charge is -2.02. The molecule has 6 nitrogen and oxygen atoms in total. The molecule has 0 unspecified atom stereocenters. The molecule has 6 heteroatoms. The Hall–Kier alpha value is -3.02. The van der Waals surface area contributed by atoms with E-state index in [0.29, 0.717) is 18.1 Å². The van der Waals surface area contributed by atoms with Crippen LogP contribution in [-0.2, 0) is 13.6 Å². The second-order valence-corrected chi connectivity index (χ2v) is 4.99. The van der Waals surface area contributed by atoms with E-state index in [1.165, 1.54) is 0 Å². The predicted molar refractivity (Wildman–Crippen MR) is 84.0 cm³/mol. The smallest absolute Gasteiger partial charge is 0.173 e. The fourth-order valence-electron chi connectivity index (χ4n) is 2.11. The molecule has 0 saturated heterocycles. The van der Waals surface area contributed by atoms with Crippen molar-refractivity contribution in [2.45, 2.75) is 6.54 Å². The lowest BCUT2D eigenvalue weighted by atomic mass is 10.3. The van der Waals surface area contributed by atoms with Gasteiger partial charge in [-0.05, 0) is 18.2 Å². The first-order valence-corrected chi connectivity index (χ1v) is 6.94. The molecule has 0 atom stereocenters. The van der Waals surface area contributed by atoms with Crippen molar-refractivity contribution < 1.29 is 4.57 Å². The van der Waals surface area contributed by atoms with Gasteiger partial charge in [0.2, 0.25) is 0 Å². The molecule has 110 valence electrons. The zero-order valence-corrected chi connectivity index (χ0v) is 12.3. The van der Waals surface area contributed by atoms with E-state index in [0.717, 1.165) is 11.3 Å². The molecule has 0 spiro atoms. The number of pyridine rings is 1. The summed E-state index contributed by atoms with van der Waals surface area (Å²) >= 11 is 0. The average Bonchev–Trinajstić information content (AvgIpc) is 2.87. The van der Waals surface area contributed by atoms with E-state index >= 15 is 0 Å². The molecule has 0 radical (unpaired) electrons. The summed E-state index contributed by atoms with van der Waals surface area (Å²) in [6, 6.07) is 13.6. The Balaban J connectivity index is 1.79. The van der Waals surface area contributed by atoms with Gasteiger partial charge in [-0.25, -0.2) is 9.25 Å². The predicted octanol–water partition coefficient (Wildman–Crippen LogP) is 2.75. The van der Waals surface area contributed by atoms with Gasteiger partial charge in [0.25, 0.3) is 0 Å². The van der Waals surface area contributed by atoms with Crippen LogP contribution in [0.2, 0.25) is 0 Å².